The summed E-state index contributed by atoms with van der Waals surface area (Å²) in [4.78, 5) is 37.3. The number of esters is 2. The first-order valence-corrected chi connectivity index (χ1v) is 29.3. The molecule has 0 saturated heterocycles. The van der Waals surface area contributed by atoms with Crippen LogP contribution >= 0.6 is 0 Å². The minimum absolute atomic E-state index is 0.147. The minimum Gasteiger partial charge on any atom is -0.545 e. The fourth-order valence-corrected chi connectivity index (χ4v) is 8.35. The van der Waals surface area contributed by atoms with Crippen molar-refractivity contribution in [3.63, 3.8) is 0 Å². The Labute approximate surface area is 432 Å². The van der Waals surface area contributed by atoms with Gasteiger partial charge in [0, 0.05) is 12.8 Å². The number of carbonyl (C=O) groups is 3. The lowest BCUT2D eigenvalue weighted by atomic mass is 10.0. The molecule has 0 aliphatic rings. The van der Waals surface area contributed by atoms with Gasteiger partial charge in [0.05, 0.1) is 40.3 Å². The zero-order valence-corrected chi connectivity index (χ0v) is 46.4. The third-order valence-corrected chi connectivity index (χ3v) is 12.8. The topological polar surface area (TPSA) is 111 Å². The number of rotatable bonds is 54. The number of hydrogen-bond donors (Lipinski definition) is 0. The molecule has 0 heterocycles. The van der Waals surface area contributed by atoms with Gasteiger partial charge in [0.15, 0.2) is 12.4 Å². The van der Waals surface area contributed by atoms with E-state index in [1.165, 1.54) is 161 Å². The van der Waals surface area contributed by atoms with Gasteiger partial charge in [0.25, 0.3) is 0 Å². The molecule has 0 fully saturated rings. The zero-order chi connectivity index (χ0) is 51.3. The molecule has 9 nitrogen and oxygen atoms in total. The van der Waals surface area contributed by atoms with Gasteiger partial charge in [-0.2, -0.15) is 0 Å². The number of carbonyl (C=O) groups excluding carboxylic acids is 3. The maximum atomic E-state index is 12.9. The van der Waals surface area contributed by atoms with Gasteiger partial charge in [-0.1, -0.05) is 249 Å². The number of quaternary nitrogens is 1. The largest absolute Gasteiger partial charge is 0.545 e. The lowest BCUT2D eigenvalue weighted by molar-refractivity contribution is -0.870. The highest BCUT2D eigenvalue weighted by Gasteiger charge is 2.22. The number of likely N-dealkylation sites (N-methyl/N-ethyl adjacent to an activating group) is 1. The number of nitrogens with zero attached hydrogens (tertiary/aromatic N) is 1. The van der Waals surface area contributed by atoms with E-state index in [1.54, 1.807) is 0 Å². The molecule has 0 N–H and O–H groups in total. The Kier molecular flexibility index (Phi) is 50.5. The molecule has 0 radical (unpaired) electrons. The van der Waals surface area contributed by atoms with Crippen LogP contribution in [0, 0.1) is 0 Å². The van der Waals surface area contributed by atoms with Crippen molar-refractivity contribution >= 4 is 17.9 Å². The quantitative estimate of drug-likeness (QED) is 0.0195. The van der Waals surface area contributed by atoms with Crippen LogP contribution in [0.5, 0.6) is 0 Å². The van der Waals surface area contributed by atoms with Crippen molar-refractivity contribution in [3.05, 3.63) is 48.6 Å². The Balaban J connectivity index is 4.23. The number of unbranched alkanes of at least 4 members (excludes halogenated alkanes) is 31. The van der Waals surface area contributed by atoms with Crippen LogP contribution in [-0.2, 0) is 33.3 Å². The summed E-state index contributed by atoms with van der Waals surface area (Å²) in [6, 6.07) is 0. The fraction of sp³-hybridized carbons (Fsp3) is 0.820. The molecular weight excluding hydrogens is 875 g/mol. The van der Waals surface area contributed by atoms with E-state index in [2.05, 4.69) is 62.5 Å². The third kappa shape index (κ3) is 53.1. The van der Waals surface area contributed by atoms with Crippen LogP contribution in [0.1, 0.15) is 264 Å². The second-order valence-electron chi connectivity index (χ2n) is 20.9. The zero-order valence-electron chi connectivity index (χ0n) is 46.4. The molecule has 70 heavy (non-hydrogen) atoms. The Morgan fingerprint density at radius 2 is 0.814 bits per heavy atom. The highest BCUT2D eigenvalue weighted by Crippen LogP contribution is 2.17. The predicted octanol–water partition coefficient (Wildman–Crippen LogP) is 15.7. The van der Waals surface area contributed by atoms with Crippen molar-refractivity contribution < 1.29 is 42.9 Å². The first-order valence-electron chi connectivity index (χ1n) is 29.3. The summed E-state index contributed by atoms with van der Waals surface area (Å²) < 4.78 is 22.7. The van der Waals surface area contributed by atoms with Gasteiger partial charge in [-0.15, -0.1) is 0 Å². The van der Waals surface area contributed by atoms with Crippen LogP contribution in [0.15, 0.2) is 48.6 Å². The molecule has 2 unspecified atom stereocenters. The number of hydrogen-bond acceptors (Lipinski definition) is 8. The van der Waals surface area contributed by atoms with Crippen LogP contribution in [0.3, 0.4) is 0 Å². The first kappa shape index (κ1) is 67.2. The van der Waals surface area contributed by atoms with Crippen LogP contribution in [0.4, 0.5) is 0 Å². The Hall–Kier alpha value is -2.75. The van der Waals surface area contributed by atoms with Crippen LogP contribution in [0.2, 0.25) is 0 Å². The maximum absolute atomic E-state index is 12.9. The van der Waals surface area contributed by atoms with Crippen molar-refractivity contribution in [1.29, 1.82) is 0 Å². The summed E-state index contributed by atoms with van der Waals surface area (Å²) in [5.74, 6) is -2.27. The molecule has 0 aromatic carbocycles. The molecule has 0 bridgehead atoms. The molecule has 0 rings (SSSR count). The summed E-state index contributed by atoms with van der Waals surface area (Å²) in [6.07, 6.45) is 61.5. The van der Waals surface area contributed by atoms with Crippen molar-refractivity contribution in [2.75, 3.05) is 47.5 Å². The number of allylic oxidation sites excluding steroid dienone is 8. The van der Waals surface area contributed by atoms with Gasteiger partial charge in [-0.05, 0) is 51.4 Å². The van der Waals surface area contributed by atoms with E-state index in [1.807, 2.05) is 21.1 Å². The molecule has 0 amide bonds. The van der Waals surface area contributed by atoms with E-state index in [-0.39, 0.29) is 32.2 Å². The van der Waals surface area contributed by atoms with Gasteiger partial charge < -0.3 is 33.3 Å². The van der Waals surface area contributed by atoms with Crippen LogP contribution < -0.4 is 5.11 Å². The minimum atomic E-state index is -1.62. The van der Waals surface area contributed by atoms with E-state index < -0.39 is 24.3 Å². The Bertz CT molecular complexity index is 1290. The van der Waals surface area contributed by atoms with E-state index in [9.17, 15) is 19.5 Å². The summed E-state index contributed by atoms with van der Waals surface area (Å²) in [5, 5.41) is 11.8. The molecule has 0 saturated carbocycles. The molecule has 9 heteroatoms. The van der Waals surface area contributed by atoms with Gasteiger partial charge in [-0.25, -0.2) is 0 Å². The van der Waals surface area contributed by atoms with Gasteiger partial charge >= 0.3 is 11.9 Å². The van der Waals surface area contributed by atoms with E-state index in [4.69, 9.17) is 18.9 Å². The standard InChI is InChI=1S/C61H111NO8/c1-6-8-10-12-14-16-18-20-22-24-26-28-30-32-34-36-38-40-42-44-46-48-50-52-59(64)70-57(56-69-61(60(65)66)67-54-53-62(3,4)5)55-68-58(63)51-49-47-45-43-41-39-37-35-33-31-29-27-25-23-21-19-17-15-13-11-9-7-2/h8,10,14,16,20,22,26,28,57,61H,6-7,9,11-13,15,17-19,21,23-25,27,29-56H2,1-5H3/b10-8-,16-14-,22-20-,28-26-. The molecule has 2 atom stereocenters. The van der Waals surface area contributed by atoms with E-state index >= 15 is 0 Å². The SMILES string of the molecule is CC/C=C\C/C=C\C/C=C\C/C=C\CCCCCCCCCCCCC(=O)OC(COC(=O)CCCCCCCCCCCCCCCCCCCCCCCC)COC(OCC[N+](C)(C)C)C(=O)[O-]. The maximum Gasteiger partial charge on any atom is 0.306 e. The molecule has 0 spiro atoms. The van der Waals surface area contributed by atoms with E-state index in [0.29, 0.717) is 23.9 Å². The Morgan fingerprint density at radius 3 is 1.21 bits per heavy atom. The predicted molar refractivity (Wildman–Crippen MR) is 292 cm³/mol. The average Bonchev–Trinajstić information content (AvgIpc) is 3.33. The van der Waals surface area contributed by atoms with Crippen LogP contribution in [0.25, 0.3) is 0 Å². The van der Waals surface area contributed by atoms with Crippen molar-refractivity contribution in [1.82, 2.24) is 0 Å². The average molecular weight is 987 g/mol. The highest BCUT2D eigenvalue weighted by molar-refractivity contribution is 5.70. The number of ether oxygens (including phenoxy) is 4. The van der Waals surface area contributed by atoms with Crippen molar-refractivity contribution in [3.8, 4) is 0 Å². The summed E-state index contributed by atoms with van der Waals surface area (Å²) in [7, 11) is 5.92. The monoisotopic (exact) mass is 986 g/mol. The summed E-state index contributed by atoms with van der Waals surface area (Å²) in [6.45, 7) is 4.67. The molecular formula is C61H111NO8. The number of carboxylic acid groups (broad SMARTS) is 1. The molecule has 0 aromatic rings. The molecule has 408 valence electrons. The second kappa shape index (κ2) is 52.6. The molecule has 0 aliphatic carbocycles. The van der Waals surface area contributed by atoms with E-state index in [0.717, 1.165) is 70.6 Å². The highest BCUT2D eigenvalue weighted by atomic mass is 16.7. The van der Waals surface area contributed by atoms with Gasteiger partial charge in [0.2, 0.25) is 0 Å². The first-order chi connectivity index (χ1) is 34.1. The third-order valence-electron chi connectivity index (χ3n) is 12.8. The Morgan fingerprint density at radius 1 is 0.443 bits per heavy atom. The van der Waals surface area contributed by atoms with Crippen molar-refractivity contribution in [2.24, 2.45) is 0 Å². The van der Waals surface area contributed by atoms with Crippen molar-refractivity contribution in [2.45, 2.75) is 277 Å². The van der Waals surface area contributed by atoms with Gasteiger partial charge in [-0.3, -0.25) is 9.59 Å². The second-order valence-corrected chi connectivity index (χ2v) is 20.9. The molecule has 0 aromatic heterocycles. The number of aliphatic carboxylic acids is 1. The lowest BCUT2D eigenvalue weighted by Gasteiger charge is -2.26. The summed E-state index contributed by atoms with van der Waals surface area (Å²) >= 11 is 0. The van der Waals surface area contributed by atoms with Gasteiger partial charge in [0.1, 0.15) is 13.2 Å². The smallest absolute Gasteiger partial charge is 0.306 e. The summed E-state index contributed by atoms with van der Waals surface area (Å²) in [5.41, 5.74) is 0. The fourth-order valence-electron chi connectivity index (χ4n) is 8.35. The molecule has 0 aliphatic heterocycles. The number of carboxylic acids is 1. The lowest BCUT2D eigenvalue weighted by Crippen LogP contribution is -2.44. The van der Waals surface area contributed by atoms with Crippen LogP contribution in [-0.4, -0.2) is 82.3 Å². The normalized spacial score (nSPS) is 13.1.